The number of nitrogens with zero attached hydrogens (tertiary/aromatic N) is 1. The van der Waals surface area contributed by atoms with Gasteiger partial charge in [-0.05, 0) is 31.0 Å². The molecular formula is C21H26N2O7. The molecule has 9 nitrogen and oxygen atoms in total. The van der Waals surface area contributed by atoms with E-state index in [4.69, 9.17) is 18.9 Å². The smallest absolute Gasteiger partial charge is 0.296 e. The zero-order chi connectivity index (χ0) is 22.1. The first-order valence-corrected chi connectivity index (χ1v) is 9.56. The number of rotatable bonds is 11. The molecular weight excluding hydrogens is 392 g/mol. The highest BCUT2D eigenvalue weighted by Crippen LogP contribution is 2.39. The molecule has 0 spiro atoms. The third kappa shape index (κ3) is 5.53. The zero-order valence-electron chi connectivity index (χ0n) is 17.5. The molecule has 162 valence electrons. The zero-order valence-corrected chi connectivity index (χ0v) is 17.5. The molecule has 0 bridgehead atoms. The topological polar surface area (TPSA) is 109 Å². The minimum absolute atomic E-state index is 0.00942. The van der Waals surface area contributed by atoms with Gasteiger partial charge in [0.2, 0.25) is 0 Å². The van der Waals surface area contributed by atoms with Gasteiger partial charge in [0.1, 0.15) is 17.2 Å². The predicted octanol–water partition coefficient (Wildman–Crippen LogP) is 4.44. The Morgan fingerprint density at radius 3 is 2.13 bits per heavy atom. The molecule has 0 heterocycles. The van der Waals surface area contributed by atoms with Gasteiger partial charge in [-0.25, -0.2) is 0 Å². The lowest BCUT2D eigenvalue weighted by Crippen LogP contribution is -2.15. The molecule has 0 radical (unpaired) electrons. The van der Waals surface area contributed by atoms with Crippen LogP contribution in [0.25, 0.3) is 0 Å². The SMILES string of the molecule is CCCOc1cc(NC(=O)c2cc(OC)ccc2OC)c([N+](=O)[O-])cc1OCCC. The van der Waals surface area contributed by atoms with Crippen LogP contribution in [-0.2, 0) is 0 Å². The molecule has 0 aliphatic rings. The third-order valence-corrected chi connectivity index (χ3v) is 4.08. The summed E-state index contributed by atoms with van der Waals surface area (Å²) in [5.74, 6) is 0.752. The van der Waals surface area contributed by atoms with Crippen LogP contribution in [0.4, 0.5) is 11.4 Å². The molecule has 0 aromatic heterocycles. The first-order chi connectivity index (χ1) is 14.4. The van der Waals surface area contributed by atoms with Gasteiger partial charge in [0, 0.05) is 6.07 Å². The first kappa shape index (κ1) is 22.8. The number of carbonyl (C=O) groups excluding carboxylic acids is 1. The highest BCUT2D eigenvalue weighted by molar-refractivity contribution is 6.07. The number of nitrogens with one attached hydrogen (secondary N) is 1. The lowest BCUT2D eigenvalue weighted by atomic mass is 10.1. The van der Waals surface area contributed by atoms with Crippen molar-refractivity contribution < 1.29 is 28.7 Å². The predicted molar refractivity (Wildman–Crippen MR) is 112 cm³/mol. The van der Waals surface area contributed by atoms with Gasteiger partial charge in [-0.1, -0.05) is 13.8 Å². The number of methoxy groups -OCH3 is 2. The van der Waals surface area contributed by atoms with Crippen molar-refractivity contribution in [3.05, 3.63) is 46.0 Å². The van der Waals surface area contributed by atoms with E-state index >= 15 is 0 Å². The van der Waals surface area contributed by atoms with Crippen LogP contribution in [0.15, 0.2) is 30.3 Å². The molecule has 30 heavy (non-hydrogen) atoms. The summed E-state index contributed by atoms with van der Waals surface area (Å²) in [6, 6.07) is 7.39. The summed E-state index contributed by atoms with van der Waals surface area (Å²) in [6.07, 6.45) is 1.47. The van der Waals surface area contributed by atoms with Crippen LogP contribution in [0, 0.1) is 10.1 Å². The molecule has 1 amide bonds. The van der Waals surface area contributed by atoms with Gasteiger partial charge < -0.3 is 24.3 Å². The van der Waals surface area contributed by atoms with E-state index in [-0.39, 0.29) is 22.7 Å². The number of nitro benzene ring substituents is 1. The third-order valence-electron chi connectivity index (χ3n) is 4.08. The average molecular weight is 418 g/mol. The molecule has 0 unspecified atom stereocenters. The number of hydrogen-bond acceptors (Lipinski definition) is 7. The van der Waals surface area contributed by atoms with Crippen molar-refractivity contribution in [3.63, 3.8) is 0 Å². The standard InChI is InChI=1S/C21H26N2O7/c1-5-9-29-19-12-16(17(23(25)26)13-20(19)30-10-6-2)22-21(24)15-11-14(27-3)7-8-18(15)28-4/h7-8,11-13H,5-6,9-10H2,1-4H3,(H,22,24). The van der Waals surface area contributed by atoms with Gasteiger partial charge in [-0.2, -0.15) is 0 Å². The number of benzene rings is 2. The van der Waals surface area contributed by atoms with Crippen molar-refractivity contribution in [2.75, 3.05) is 32.8 Å². The Balaban J connectivity index is 2.46. The Hall–Kier alpha value is -3.49. The number of anilines is 1. The average Bonchev–Trinajstić information content (AvgIpc) is 2.75. The van der Waals surface area contributed by atoms with Gasteiger partial charge in [0.25, 0.3) is 11.6 Å². The maximum Gasteiger partial charge on any atom is 0.296 e. The Morgan fingerprint density at radius 1 is 0.967 bits per heavy atom. The molecule has 0 saturated heterocycles. The Bertz CT molecular complexity index is 899. The van der Waals surface area contributed by atoms with Crippen molar-refractivity contribution in [2.24, 2.45) is 0 Å². The summed E-state index contributed by atoms with van der Waals surface area (Å²) in [4.78, 5) is 23.9. The Kier molecular flexibility index (Phi) is 8.28. The normalized spacial score (nSPS) is 10.3. The summed E-state index contributed by atoms with van der Waals surface area (Å²) in [7, 11) is 2.90. The van der Waals surface area contributed by atoms with Crippen LogP contribution in [-0.4, -0.2) is 38.3 Å². The maximum atomic E-state index is 12.9. The summed E-state index contributed by atoms with van der Waals surface area (Å²) >= 11 is 0. The fourth-order valence-corrected chi connectivity index (χ4v) is 2.63. The van der Waals surface area contributed by atoms with E-state index in [2.05, 4.69) is 5.32 Å². The van der Waals surface area contributed by atoms with Crippen LogP contribution in [0.3, 0.4) is 0 Å². The lowest BCUT2D eigenvalue weighted by molar-refractivity contribution is -0.384. The van der Waals surface area contributed by atoms with Gasteiger partial charge >= 0.3 is 0 Å². The Morgan fingerprint density at radius 2 is 1.60 bits per heavy atom. The van der Waals surface area contributed by atoms with Gasteiger partial charge in [-0.15, -0.1) is 0 Å². The van der Waals surface area contributed by atoms with Crippen molar-refractivity contribution >= 4 is 17.3 Å². The highest BCUT2D eigenvalue weighted by Gasteiger charge is 2.23. The van der Waals surface area contributed by atoms with Gasteiger partial charge in [-0.3, -0.25) is 14.9 Å². The van der Waals surface area contributed by atoms with Gasteiger partial charge in [0.05, 0.1) is 44.0 Å². The second kappa shape index (κ2) is 10.9. The van der Waals surface area contributed by atoms with Crippen molar-refractivity contribution in [3.8, 4) is 23.0 Å². The van der Waals surface area contributed by atoms with Crippen LogP contribution >= 0.6 is 0 Å². The fraction of sp³-hybridized carbons (Fsp3) is 0.381. The number of nitro groups is 1. The number of carbonyl (C=O) groups is 1. The van der Waals surface area contributed by atoms with E-state index in [9.17, 15) is 14.9 Å². The number of ether oxygens (including phenoxy) is 4. The summed E-state index contributed by atoms with van der Waals surface area (Å²) in [5.41, 5.74) is -0.140. The molecule has 0 aliphatic carbocycles. The fourth-order valence-electron chi connectivity index (χ4n) is 2.63. The van der Waals surface area contributed by atoms with E-state index in [1.54, 1.807) is 12.1 Å². The monoisotopic (exact) mass is 418 g/mol. The molecule has 2 aromatic rings. The van der Waals surface area contributed by atoms with Crippen molar-refractivity contribution in [1.82, 2.24) is 0 Å². The summed E-state index contributed by atoms with van der Waals surface area (Å²) in [5, 5.41) is 14.2. The molecule has 0 aliphatic heterocycles. The van der Waals surface area contributed by atoms with Crippen molar-refractivity contribution in [1.29, 1.82) is 0 Å². The molecule has 2 aromatic carbocycles. The maximum absolute atomic E-state index is 12.9. The van der Waals surface area contributed by atoms with Crippen molar-refractivity contribution in [2.45, 2.75) is 26.7 Å². The largest absolute Gasteiger partial charge is 0.497 e. The van der Waals surface area contributed by atoms with E-state index in [1.165, 1.54) is 32.4 Å². The minimum Gasteiger partial charge on any atom is -0.497 e. The highest BCUT2D eigenvalue weighted by atomic mass is 16.6. The number of hydrogen-bond donors (Lipinski definition) is 1. The number of amides is 1. The summed E-state index contributed by atoms with van der Waals surface area (Å²) < 4.78 is 21.7. The van der Waals surface area contributed by atoms with Crippen LogP contribution in [0.1, 0.15) is 37.0 Å². The van der Waals surface area contributed by atoms with E-state index in [0.717, 1.165) is 12.8 Å². The quantitative estimate of drug-likeness (QED) is 0.424. The van der Waals surface area contributed by atoms with Gasteiger partial charge in [0.15, 0.2) is 11.5 Å². The molecule has 1 N–H and O–H groups in total. The molecule has 0 atom stereocenters. The van der Waals surface area contributed by atoms with E-state index in [1.807, 2.05) is 13.8 Å². The van der Waals surface area contributed by atoms with Crippen LogP contribution in [0.5, 0.6) is 23.0 Å². The summed E-state index contributed by atoms with van der Waals surface area (Å²) in [6.45, 7) is 4.65. The Labute approximate surface area is 175 Å². The van der Waals surface area contributed by atoms with E-state index < -0.39 is 10.8 Å². The second-order valence-electron chi connectivity index (χ2n) is 6.29. The molecule has 0 fully saturated rings. The van der Waals surface area contributed by atoms with Crippen LogP contribution in [0.2, 0.25) is 0 Å². The van der Waals surface area contributed by atoms with E-state index in [0.29, 0.717) is 30.5 Å². The molecule has 2 rings (SSSR count). The molecule has 9 heteroatoms. The van der Waals surface area contributed by atoms with Crippen LogP contribution < -0.4 is 24.3 Å². The molecule has 0 saturated carbocycles. The minimum atomic E-state index is -0.586. The lowest BCUT2D eigenvalue weighted by Gasteiger charge is -2.15. The second-order valence-corrected chi connectivity index (χ2v) is 6.29. The first-order valence-electron chi connectivity index (χ1n) is 9.56.